The average molecular weight is 653 g/mol. The summed E-state index contributed by atoms with van der Waals surface area (Å²) in [5.74, 6) is 0.448. The number of halogens is 3. The molecule has 3 aromatic carbocycles. The predicted octanol–water partition coefficient (Wildman–Crippen LogP) is 7.31. The second-order valence-electron chi connectivity index (χ2n) is 12.7. The van der Waals surface area contributed by atoms with Gasteiger partial charge in [-0.1, -0.05) is 89.4 Å². The van der Waals surface area contributed by atoms with Crippen LogP contribution < -0.4 is 5.32 Å². The van der Waals surface area contributed by atoms with Gasteiger partial charge in [0.15, 0.2) is 0 Å². The van der Waals surface area contributed by atoms with Crippen molar-refractivity contribution in [1.82, 2.24) is 15.1 Å². The number of carbonyl (C=O) groups is 2. The van der Waals surface area contributed by atoms with Gasteiger partial charge in [0.2, 0.25) is 11.8 Å². The molecule has 1 N–H and O–H groups in total. The number of rotatable bonds is 9. The first kappa shape index (κ1) is 31.4. The zero-order chi connectivity index (χ0) is 30.7. The minimum absolute atomic E-state index is 0.0175. The minimum Gasteiger partial charge on any atom is -0.355 e. The topological polar surface area (TPSA) is 52.7 Å². The van der Waals surface area contributed by atoms with Crippen molar-refractivity contribution < 1.29 is 9.59 Å². The second kappa shape index (κ2) is 13.4. The van der Waals surface area contributed by atoms with Gasteiger partial charge in [0, 0.05) is 31.2 Å². The van der Waals surface area contributed by atoms with Gasteiger partial charge in [0.25, 0.3) is 0 Å². The van der Waals surface area contributed by atoms with Crippen LogP contribution in [0.25, 0.3) is 0 Å². The average Bonchev–Trinajstić information content (AvgIpc) is 3.79. The third-order valence-electron chi connectivity index (χ3n) is 10.2. The van der Waals surface area contributed by atoms with Gasteiger partial charge in [-0.3, -0.25) is 9.59 Å². The molecule has 3 fully saturated rings. The van der Waals surface area contributed by atoms with Crippen LogP contribution in [0.15, 0.2) is 72.8 Å². The van der Waals surface area contributed by atoms with Crippen molar-refractivity contribution in [1.29, 1.82) is 0 Å². The van der Waals surface area contributed by atoms with Gasteiger partial charge in [-0.2, -0.15) is 0 Å². The standard InChI is InChI=1S/C36H40Cl3N3O2/c37-30-12-6-5-9-26(30)15-18-40-33(43)36(28-13-14-31(38)32(39)23-28)24-29(36)25-41-21-16-35(17-22-41,27-10-3-1-4-11-27)34(44)42-19-7-2-8-20-42/h1,3-6,9-14,23,29H,2,7-8,15-22,24-25H2,(H,40,43). The number of likely N-dealkylation sites (tertiary alicyclic amines) is 2. The molecule has 44 heavy (non-hydrogen) atoms. The molecule has 0 radical (unpaired) electrons. The number of benzene rings is 3. The van der Waals surface area contributed by atoms with Crippen LogP contribution >= 0.6 is 34.8 Å². The molecule has 2 atom stereocenters. The van der Waals surface area contributed by atoms with Gasteiger partial charge in [-0.25, -0.2) is 0 Å². The summed E-state index contributed by atoms with van der Waals surface area (Å²) in [6.45, 7) is 4.64. The summed E-state index contributed by atoms with van der Waals surface area (Å²) >= 11 is 19.1. The molecule has 8 heteroatoms. The largest absolute Gasteiger partial charge is 0.355 e. The molecule has 0 spiro atoms. The fraction of sp³-hybridized carbons (Fsp3) is 0.444. The highest BCUT2D eigenvalue weighted by Crippen LogP contribution is 2.56. The summed E-state index contributed by atoms with van der Waals surface area (Å²) in [7, 11) is 0. The van der Waals surface area contributed by atoms with E-state index in [-0.39, 0.29) is 17.7 Å². The zero-order valence-electron chi connectivity index (χ0n) is 25.0. The quantitative estimate of drug-likeness (QED) is 0.264. The highest BCUT2D eigenvalue weighted by molar-refractivity contribution is 6.42. The van der Waals surface area contributed by atoms with Crippen molar-refractivity contribution in [2.24, 2.45) is 5.92 Å². The number of amides is 2. The Bertz CT molecular complexity index is 1480. The summed E-state index contributed by atoms with van der Waals surface area (Å²) in [6.07, 6.45) is 6.34. The van der Waals surface area contributed by atoms with Crippen molar-refractivity contribution in [3.05, 3.63) is 105 Å². The molecule has 3 aromatic rings. The number of nitrogens with zero attached hydrogens (tertiary/aromatic N) is 2. The fourth-order valence-electron chi connectivity index (χ4n) is 7.47. The van der Waals surface area contributed by atoms with Crippen LogP contribution in [0.2, 0.25) is 15.1 Å². The van der Waals surface area contributed by atoms with Gasteiger partial charge in [0.05, 0.1) is 20.9 Å². The normalized spacial score (nSPS) is 23.2. The Hall–Kier alpha value is -2.57. The highest BCUT2D eigenvalue weighted by atomic mass is 35.5. The van der Waals surface area contributed by atoms with E-state index < -0.39 is 10.8 Å². The number of nitrogens with one attached hydrogen (secondary N) is 1. The smallest absolute Gasteiger partial charge is 0.233 e. The van der Waals surface area contributed by atoms with Crippen molar-refractivity contribution in [2.45, 2.75) is 55.8 Å². The Labute approximate surface area is 275 Å². The van der Waals surface area contributed by atoms with E-state index in [2.05, 4.69) is 27.2 Å². The van der Waals surface area contributed by atoms with Gasteiger partial charge in [-0.05, 0) is 98.8 Å². The van der Waals surface area contributed by atoms with Crippen molar-refractivity contribution >= 4 is 46.6 Å². The van der Waals surface area contributed by atoms with Crippen LogP contribution in [0.1, 0.15) is 55.2 Å². The van der Waals surface area contributed by atoms with Gasteiger partial charge >= 0.3 is 0 Å². The van der Waals surface area contributed by atoms with Gasteiger partial charge in [-0.15, -0.1) is 0 Å². The van der Waals surface area contributed by atoms with E-state index in [1.807, 2.05) is 54.6 Å². The lowest BCUT2D eigenvalue weighted by Gasteiger charge is -2.44. The molecular formula is C36H40Cl3N3O2. The molecule has 2 heterocycles. The third-order valence-corrected chi connectivity index (χ3v) is 11.3. The van der Waals surface area contributed by atoms with Crippen LogP contribution in [0, 0.1) is 5.92 Å². The first-order valence-corrected chi connectivity index (χ1v) is 17.0. The van der Waals surface area contributed by atoms with Crippen molar-refractivity contribution in [3.8, 4) is 0 Å². The van der Waals surface area contributed by atoms with E-state index in [1.54, 1.807) is 6.07 Å². The second-order valence-corrected chi connectivity index (χ2v) is 13.9. The lowest BCUT2D eigenvalue weighted by Crippen LogP contribution is -2.54. The Kier molecular flexibility index (Phi) is 9.58. The molecule has 2 amide bonds. The van der Waals surface area contributed by atoms with E-state index >= 15 is 0 Å². The molecule has 1 saturated carbocycles. The molecule has 0 aromatic heterocycles. The van der Waals surface area contributed by atoms with Crippen LogP contribution in [0.3, 0.4) is 0 Å². The van der Waals surface area contributed by atoms with E-state index in [0.29, 0.717) is 28.0 Å². The molecule has 2 saturated heterocycles. The summed E-state index contributed by atoms with van der Waals surface area (Å²) in [5, 5.41) is 4.85. The van der Waals surface area contributed by atoms with Crippen LogP contribution in [-0.4, -0.2) is 60.9 Å². The Morgan fingerprint density at radius 2 is 1.48 bits per heavy atom. The zero-order valence-corrected chi connectivity index (χ0v) is 27.3. The molecule has 0 bridgehead atoms. The SMILES string of the molecule is O=C(N1CCCCC1)C1(c2ccccc2)CCN(CC2CC2(C(=O)NCCc2ccccc2Cl)c2ccc(Cl)c(Cl)c2)CC1. The third kappa shape index (κ3) is 6.26. The number of piperidine rings is 2. The lowest BCUT2D eigenvalue weighted by molar-refractivity contribution is -0.140. The predicted molar refractivity (Wildman–Crippen MR) is 179 cm³/mol. The maximum Gasteiger partial charge on any atom is 0.233 e. The summed E-state index contributed by atoms with van der Waals surface area (Å²) in [5.41, 5.74) is 1.90. The molecule has 2 aliphatic heterocycles. The molecule has 3 aliphatic rings. The van der Waals surface area contributed by atoms with Gasteiger partial charge < -0.3 is 15.1 Å². The molecular weight excluding hydrogens is 613 g/mol. The van der Waals surface area contributed by atoms with E-state index in [4.69, 9.17) is 34.8 Å². The summed E-state index contributed by atoms with van der Waals surface area (Å²) in [6, 6.07) is 23.7. The molecule has 2 unspecified atom stereocenters. The van der Waals surface area contributed by atoms with Crippen LogP contribution in [0.5, 0.6) is 0 Å². The van der Waals surface area contributed by atoms with Gasteiger partial charge in [0.1, 0.15) is 0 Å². The minimum atomic E-state index is -0.660. The van der Waals surface area contributed by atoms with E-state index in [0.717, 1.165) is 81.5 Å². The number of hydrogen-bond acceptors (Lipinski definition) is 3. The first-order chi connectivity index (χ1) is 21.3. The van der Waals surface area contributed by atoms with Crippen LogP contribution in [-0.2, 0) is 26.8 Å². The highest BCUT2D eigenvalue weighted by Gasteiger charge is 2.61. The van der Waals surface area contributed by atoms with E-state index in [1.165, 1.54) is 6.42 Å². The van der Waals surface area contributed by atoms with Crippen LogP contribution in [0.4, 0.5) is 0 Å². The molecule has 6 rings (SSSR count). The summed E-state index contributed by atoms with van der Waals surface area (Å²) in [4.78, 5) is 32.6. The Morgan fingerprint density at radius 3 is 2.18 bits per heavy atom. The summed E-state index contributed by atoms with van der Waals surface area (Å²) < 4.78 is 0. The molecule has 1 aliphatic carbocycles. The fourth-order valence-corrected chi connectivity index (χ4v) is 8.00. The Balaban J connectivity index is 1.16. The first-order valence-electron chi connectivity index (χ1n) is 15.9. The maximum absolute atomic E-state index is 14.1. The molecule has 5 nitrogen and oxygen atoms in total. The molecule has 232 valence electrons. The Morgan fingerprint density at radius 1 is 0.773 bits per heavy atom. The van der Waals surface area contributed by atoms with Crippen molar-refractivity contribution in [3.63, 3.8) is 0 Å². The lowest BCUT2D eigenvalue weighted by atomic mass is 9.71. The number of hydrogen-bond donors (Lipinski definition) is 1. The van der Waals surface area contributed by atoms with Crippen molar-refractivity contribution in [2.75, 3.05) is 39.3 Å². The maximum atomic E-state index is 14.1. The monoisotopic (exact) mass is 651 g/mol. The van der Waals surface area contributed by atoms with E-state index in [9.17, 15) is 9.59 Å². The number of carbonyl (C=O) groups excluding carboxylic acids is 2.